The summed E-state index contributed by atoms with van der Waals surface area (Å²) in [5.41, 5.74) is 6.13. The Bertz CT molecular complexity index is 783. The molecule has 1 aromatic carbocycles. The van der Waals surface area contributed by atoms with Crippen LogP contribution in [0.15, 0.2) is 12.1 Å². The largest absolute Gasteiger partial charge is 0.482 e. The van der Waals surface area contributed by atoms with Crippen LogP contribution in [0.25, 0.3) is 0 Å². The topological polar surface area (TPSA) is 64.8 Å². The summed E-state index contributed by atoms with van der Waals surface area (Å²) >= 11 is 0. The van der Waals surface area contributed by atoms with E-state index >= 15 is 0 Å². The average Bonchev–Trinajstić information content (AvgIpc) is 2.69. The van der Waals surface area contributed by atoms with Gasteiger partial charge in [-0.1, -0.05) is 0 Å². The third-order valence-corrected chi connectivity index (χ3v) is 6.22. The van der Waals surface area contributed by atoms with Gasteiger partial charge in [0.15, 0.2) is 11.6 Å². The summed E-state index contributed by atoms with van der Waals surface area (Å²) in [5.74, 6) is -4.81. The van der Waals surface area contributed by atoms with Gasteiger partial charge in [0, 0.05) is 24.2 Å². The van der Waals surface area contributed by atoms with Crippen molar-refractivity contribution in [2.75, 3.05) is 13.2 Å². The van der Waals surface area contributed by atoms with E-state index in [0.29, 0.717) is 44.6 Å². The number of halogens is 4. The molecule has 4 aliphatic rings. The Kier molecular flexibility index (Phi) is 5.46. The molecule has 3 aliphatic heterocycles. The van der Waals surface area contributed by atoms with Crippen LogP contribution in [0.1, 0.15) is 50.0 Å². The Labute approximate surface area is 166 Å². The molecule has 1 aliphatic carbocycles. The normalized spacial score (nSPS) is 32.3. The molecule has 9 heteroatoms. The Hall–Kier alpha value is -1.87. The van der Waals surface area contributed by atoms with Gasteiger partial charge in [-0.05, 0) is 50.5 Å². The number of hydrogen-bond acceptors (Lipinski definition) is 4. The van der Waals surface area contributed by atoms with Gasteiger partial charge in [-0.25, -0.2) is 8.78 Å². The second-order valence-electron chi connectivity index (χ2n) is 8.10. The summed E-state index contributed by atoms with van der Waals surface area (Å²) in [6.07, 6.45) is -1.08. The van der Waals surface area contributed by atoms with Crippen molar-refractivity contribution in [2.45, 2.75) is 68.7 Å². The van der Waals surface area contributed by atoms with Crippen LogP contribution in [0.2, 0.25) is 0 Å². The Morgan fingerprint density at radius 1 is 1.10 bits per heavy atom. The van der Waals surface area contributed by atoms with Crippen LogP contribution in [-0.4, -0.2) is 48.3 Å². The molecule has 0 spiro atoms. The van der Waals surface area contributed by atoms with Gasteiger partial charge in [-0.3, -0.25) is 4.79 Å². The number of nitrogens with two attached hydrogens (primary N) is 1. The van der Waals surface area contributed by atoms with Crippen molar-refractivity contribution in [1.82, 2.24) is 4.90 Å². The predicted molar refractivity (Wildman–Crippen MR) is 95.6 cm³/mol. The number of piperidine rings is 1. The minimum Gasteiger partial charge on any atom is -0.422 e. The standard InChI is InChI=1S/C20H24F4N2O3/c21-12-8-14-11-3-5-13(6-4-11)28-10-17-16(25)2-1-7-26(17)19(27)20(23,24)29-18(14)15(22)9-12/h8-9,11,13,16-17H,1-7,10,25H2/t11-,13+,16-,17-/m0/s1. The lowest BCUT2D eigenvalue weighted by Gasteiger charge is -2.41. The molecule has 1 aromatic rings. The number of ether oxygens (including phenoxy) is 2. The van der Waals surface area contributed by atoms with Crippen molar-refractivity contribution >= 4 is 5.91 Å². The highest BCUT2D eigenvalue weighted by atomic mass is 19.3. The van der Waals surface area contributed by atoms with Gasteiger partial charge in [-0.15, -0.1) is 0 Å². The summed E-state index contributed by atoms with van der Waals surface area (Å²) in [6.45, 7) is 0.153. The molecule has 1 saturated carbocycles. The Morgan fingerprint density at radius 2 is 1.83 bits per heavy atom. The summed E-state index contributed by atoms with van der Waals surface area (Å²) in [7, 11) is 0. The molecule has 1 saturated heterocycles. The van der Waals surface area contributed by atoms with E-state index in [0.717, 1.165) is 11.0 Å². The van der Waals surface area contributed by atoms with Crippen molar-refractivity contribution in [3.8, 4) is 5.75 Å². The zero-order valence-electron chi connectivity index (χ0n) is 15.9. The molecule has 160 valence electrons. The molecule has 1 amide bonds. The second kappa shape index (κ2) is 7.75. The number of rotatable bonds is 0. The monoisotopic (exact) mass is 416 g/mol. The minimum absolute atomic E-state index is 0.0274. The number of fused-ring (bicyclic) bond motifs is 5. The van der Waals surface area contributed by atoms with Crippen molar-refractivity contribution in [3.63, 3.8) is 0 Å². The highest BCUT2D eigenvalue weighted by Crippen LogP contribution is 2.42. The molecule has 5 rings (SSSR count). The number of carbonyl (C=O) groups is 1. The van der Waals surface area contributed by atoms with E-state index in [2.05, 4.69) is 4.74 Å². The first-order chi connectivity index (χ1) is 13.8. The maximum absolute atomic E-state index is 14.8. The van der Waals surface area contributed by atoms with Crippen LogP contribution < -0.4 is 10.5 Å². The molecule has 0 unspecified atom stereocenters. The van der Waals surface area contributed by atoms with Gasteiger partial charge in [0.25, 0.3) is 0 Å². The number of carbonyl (C=O) groups excluding carboxylic acids is 1. The molecule has 5 nitrogen and oxygen atoms in total. The van der Waals surface area contributed by atoms with Crippen LogP contribution >= 0.6 is 0 Å². The maximum atomic E-state index is 14.8. The molecule has 2 atom stereocenters. The van der Waals surface area contributed by atoms with Gasteiger partial charge in [0.2, 0.25) is 0 Å². The fourth-order valence-electron chi connectivity index (χ4n) is 4.66. The van der Waals surface area contributed by atoms with E-state index in [4.69, 9.17) is 10.5 Å². The van der Waals surface area contributed by atoms with E-state index in [1.165, 1.54) is 0 Å². The fraction of sp³-hybridized carbons (Fsp3) is 0.650. The predicted octanol–water partition coefficient (Wildman–Crippen LogP) is 3.31. The summed E-state index contributed by atoms with van der Waals surface area (Å²) < 4.78 is 68.6. The van der Waals surface area contributed by atoms with E-state index in [-0.39, 0.29) is 30.7 Å². The Balaban J connectivity index is 1.76. The lowest BCUT2D eigenvalue weighted by Crippen LogP contribution is -2.60. The first-order valence-corrected chi connectivity index (χ1v) is 10.0. The molecule has 0 aromatic heterocycles. The second-order valence-corrected chi connectivity index (χ2v) is 8.10. The maximum Gasteiger partial charge on any atom is 0.482 e. The molecule has 2 fully saturated rings. The van der Waals surface area contributed by atoms with E-state index in [9.17, 15) is 22.4 Å². The summed E-state index contributed by atoms with van der Waals surface area (Å²) in [5, 5.41) is 0. The molecule has 3 heterocycles. The van der Waals surface area contributed by atoms with Crippen LogP contribution in [0.3, 0.4) is 0 Å². The minimum atomic E-state index is -4.31. The van der Waals surface area contributed by atoms with Gasteiger partial charge < -0.3 is 20.1 Å². The third kappa shape index (κ3) is 3.94. The van der Waals surface area contributed by atoms with Crippen LogP contribution in [0.5, 0.6) is 5.75 Å². The van der Waals surface area contributed by atoms with Crippen molar-refractivity contribution in [2.24, 2.45) is 5.73 Å². The van der Waals surface area contributed by atoms with Gasteiger partial charge in [0.05, 0.1) is 18.8 Å². The molecule has 0 radical (unpaired) electrons. The quantitative estimate of drug-likeness (QED) is 0.659. The van der Waals surface area contributed by atoms with Crippen molar-refractivity contribution in [1.29, 1.82) is 0 Å². The lowest BCUT2D eigenvalue weighted by atomic mass is 9.82. The SMILES string of the molecule is N[C@H]1CCCN2C(=O)C(F)(F)Oc3c(F)cc(F)cc3[C@H]3CC[C@H](CC3)OC[C@@H]12. The number of amides is 1. The molecule has 2 bridgehead atoms. The smallest absolute Gasteiger partial charge is 0.422 e. The molecular formula is C20H24F4N2O3. The van der Waals surface area contributed by atoms with Crippen LogP contribution in [0, 0.1) is 11.6 Å². The van der Waals surface area contributed by atoms with E-state index in [1.807, 2.05) is 0 Å². The fourth-order valence-corrected chi connectivity index (χ4v) is 4.66. The highest BCUT2D eigenvalue weighted by molar-refractivity contribution is 5.83. The Morgan fingerprint density at radius 3 is 2.55 bits per heavy atom. The molecule has 29 heavy (non-hydrogen) atoms. The van der Waals surface area contributed by atoms with Crippen LogP contribution in [0.4, 0.5) is 17.6 Å². The van der Waals surface area contributed by atoms with Crippen LogP contribution in [-0.2, 0) is 9.53 Å². The number of hydrogen-bond donors (Lipinski definition) is 1. The molecular weight excluding hydrogens is 392 g/mol. The number of alkyl halides is 2. The number of nitrogens with zero attached hydrogens (tertiary/aromatic N) is 1. The highest BCUT2D eigenvalue weighted by Gasteiger charge is 2.50. The van der Waals surface area contributed by atoms with E-state index in [1.54, 1.807) is 0 Å². The third-order valence-electron chi connectivity index (χ3n) is 6.22. The van der Waals surface area contributed by atoms with Gasteiger partial charge in [0.1, 0.15) is 5.82 Å². The number of benzene rings is 1. The van der Waals surface area contributed by atoms with Crippen molar-refractivity contribution < 1.29 is 31.8 Å². The zero-order valence-corrected chi connectivity index (χ0v) is 15.9. The van der Waals surface area contributed by atoms with Gasteiger partial charge >= 0.3 is 12.0 Å². The summed E-state index contributed by atoms with van der Waals surface area (Å²) in [4.78, 5) is 13.6. The first kappa shape index (κ1) is 20.4. The lowest BCUT2D eigenvalue weighted by molar-refractivity contribution is -0.209. The molecule has 2 N–H and O–H groups in total. The van der Waals surface area contributed by atoms with Gasteiger partial charge in [-0.2, -0.15) is 8.78 Å². The average molecular weight is 416 g/mol. The van der Waals surface area contributed by atoms with E-state index < -0.39 is 41.5 Å². The summed E-state index contributed by atoms with van der Waals surface area (Å²) in [6, 6.07) is 0.306. The van der Waals surface area contributed by atoms with Crippen molar-refractivity contribution in [3.05, 3.63) is 29.3 Å². The first-order valence-electron chi connectivity index (χ1n) is 10.0. The zero-order chi connectivity index (χ0) is 20.8.